The molecule has 0 saturated carbocycles. The Balaban J connectivity index is 3.49. The van der Waals surface area contributed by atoms with Gasteiger partial charge in [0, 0.05) is 19.8 Å². The Morgan fingerprint density at radius 1 is 0.571 bits per heavy atom. The van der Waals surface area contributed by atoms with E-state index in [1.54, 1.807) is 0 Å². The molecule has 0 aromatic rings. The van der Waals surface area contributed by atoms with Crippen molar-refractivity contribution in [2.75, 3.05) is 38.3 Å². The third-order valence-electron chi connectivity index (χ3n) is 2.15. The molecule has 0 fully saturated rings. The maximum Gasteiger partial charge on any atom is 0.0434 e. The molecule has 0 radical (unpaired) electrons. The second-order valence-electron chi connectivity index (χ2n) is 3.43. The van der Waals surface area contributed by atoms with E-state index in [1.165, 1.54) is 6.16 Å². The van der Waals surface area contributed by atoms with Gasteiger partial charge in [-0.2, -0.15) is 0 Å². The topological polar surface area (TPSA) is 60.7 Å². The van der Waals surface area contributed by atoms with Crippen LogP contribution in [0.25, 0.3) is 0 Å². The van der Waals surface area contributed by atoms with Crippen molar-refractivity contribution in [3.05, 3.63) is 0 Å². The second kappa shape index (κ2) is 11.4. The largest absolute Gasteiger partial charge is 0.396 e. The van der Waals surface area contributed by atoms with E-state index in [-0.39, 0.29) is 27.7 Å². The van der Waals surface area contributed by atoms with Crippen LogP contribution in [-0.2, 0) is 0 Å². The van der Waals surface area contributed by atoms with Gasteiger partial charge in [0.05, 0.1) is 0 Å². The average Bonchev–Trinajstić information content (AvgIpc) is 2.21. The van der Waals surface area contributed by atoms with Crippen molar-refractivity contribution in [1.29, 1.82) is 0 Å². The van der Waals surface area contributed by atoms with Crippen LogP contribution in [0.1, 0.15) is 25.7 Å². The summed E-state index contributed by atoms with van der Waals surface area (Å²) >= 11 is 0. The standard InChI is InChI=1S/C10H23O3P/c11-5-1-2-8-14(9-3-6-12)10-4-7-13/h11-13H,1-10H2. The molecular weight excluding hydrogens is 199 g/mol. The van der Waals surface area contributed by atoms with Crippen molar-refractivity contribution in [2.24, 2.45) is 0 Å². The van der Waals surface area contributed by atoms with E-state index in [0.29, 0.717) is 0 Å². The third-order valence-corrected chi connectivity index (χ3v) is 4.99. The Kier molecular flexibility index (Phi) is 11.6. The number of hydrogen-bond acceptors (Lipinski definition) is 3. The van der Waals surface area contributed by atoms with Crippen molar-refractivity contribution in [3.63, 3.8) is 0 Å². The normalized spacial score (nSPS) is 11.1. The lowest BCUT2D eigenvalue weighted by atomic mass is 10.4. The quantitative estimate of drug-likeness (QED) is 0.382. The van der Waals surface area contributed by atoms with Crippen molar-refractivity contribution in [2.45, 2.75) is 25.7 Å². The smallest absolute Gasteiger partial charge is 0.0434 e. The Labute approximate surface area is 87.9 Å². The maximum atomic E-state index is 8.73. The first-order chi connectivity index (χ1) is 6.85. The van der Waals surface area contributed by atoms with Crippen LogP contribution in [0.3, 0.4) is 0 Å². The molecule has 4 heteroatoms. The van der Waals surface area contributed by atoms with Crippen molar-refractivity contribution in [1.82, 2.24) is 0 Å². The molecule has 0 spiro atoms. The Morgan fingerprint density at radius 3 is 1.43 bits per heavy atom. The summed E-state index contributed by atoms with van der Waals surface area (Å²) in [6, 6.07) is 0. The number of aliphatic hydroxyl groups excluding tert-OH is 3. The Bertz CT molecular complexity index is 104. The predicted molar refractivity (Wildman–Crippen MR) is 61.2 cm³/mol. The number of hydrogen-bond donors (Lipinski definition) is 3. The molecule has 0 aliphatic rings. The van der Waals surface area contributed by atoms with Gasteiger partial charge in [-0.25, -0.2) is 0 Å². The van der Waals surface area contributed by atoms with Gasteiger partial charge in [0.25, 0.3) is 0 Å². The molecule has 0 heterocycles. The second-order valence-corrected chi connectivity index (χ2v) is 6.11. The highest BCUT2D eigenvalue weighted by Gasteiger charge is 2.06. The van der Waals surface area contributed by atoms with Crippen LogP contribution in [-0.4, -0.2) is 53.6 Å². The SMILES string of the molecule is OCCCCP(CCCO)CCCO. The van der Waals surface area contributed by atoms with E-state index in [9.17, 15) is 0 Å². The van der Waals surface area contributed by atoms with Crippen molar-refractivity contribution in [3.8, 4) is 0 Å². The lowest BCUT2D eigenvalue weighted by Crippen LogP contribution is -2.00. The van der Waals surface area contributed by atoms with Gasteiger partial charge in [-0.1, -0.05) is 0 Å². The first-order valence-corrected chi connectivity index (χ1v) is 7.29. The zero-order chi connectivity index (χ0) is 10.6. The molecule has 0 rings (SSSR count). The Hall–Kier alpha value is 0.310. The lowest BCUT2D eigenvalue weighted by molar-refractivity contribution is 0.287. The molecule has 14 heavy (non-hydrogen) atoms. The molecule has 0 saturated heterocycles. The highest BCUT2D eigenvalue weighted by atomic mass is 31.1. The van der Waals surface area contributed by atoms with Crippen LogP contribution < -0.4 is 0 Å². The van der Waals surface area contributed by atoms with Gasteiger partial charge < -0.3 is 15.3 Å². The molecule has 0 bridgehead atoms. The predicted octanol–water partition coefficient (Wildman–Crippen LogP) is 1.01. The summed E-state index contributed by atoms with van der Waals surface area (Å²) in [5.41, 5.74) is 0. The zero-order valence-corrected chi connectivity index (χ0v) is 9.75. The number of rotatable bonds is 10. The van der Waals surface area contributed by atoms with E-state index < -0.39 is 0 Å². The summed E-state index contributed by atoms with van der Waals surface area (Å²) in [4.78, 5) is 0. The zero-order valence-electron chi connectivity index (χ0n) is 8.86. The molecule has 0 aromatic carbocycles. The van der Waals surface area contributed by atoms with Gasteiger partial charge in [0.2, 0.25) is 0 Å². The fraction of sp³-hybridized carbons (Fsp3) is 1.00. The minimum Gasteiger partial charge on any atom is -0.396 e. The van der Waals surface area contributed by atoms with E-state index in [4.69, 9.17) is 15.3 Å². The highest BCUT2D eigenvalue weighted by molar-refractivity contribution is 7.57. The van der Waals surface area contributed by atoms with Gasteiger partial charge in [-0.15, -0.1) is 7.92 Å². The van der Waals surface area contributed by atoms with Crippen molar-refractivity contribution >= 4 is 7.92 Å². The van der Waals surface area contributed by atoms with Gasteiger partial charge in [0.15, 0.2) is 0 Å². The highest BCUT2D eigenvalue weighted by Crippen LogP contribution is 2.37. The van der Waals surface area contributed by atoms with E-state index >= 15 is 0 Å². The molecule has 0 amide bonds. The Morgan fingerprint density at radius 2 is 1.00 bits per heavy atom. The van der Waals surface area contributed by atoms with E-state index in [0.717, 1.165) is 38.0 Å². The van der Waals surface area contributed by atoms with Crippen LogP contribution >= 0.6 is 7.92 Å². The number of unbranched alkanes of at least 4 members (excludes halogenated alkanes) is 1. The fourth-order valence-corrected chi connectivity index (χ4v) is 3.89. The summed E-state index contributed by atoms with van der Waals surface area (Å²) in [7, 11) is -0.0151. The molecule has 86 valence electrons. The van der Waals surface area contributed by atoms with Crippen LogP contribution in [0.2, 0.25) is 0 Å². The van der Waals surface area contributed by atoms with Crippen LogP contribution in [0.15, 0.2) is 0 Å². The molecule has 3 N–H and O–H groups in total. The fourth-order valence-electron chi connectivity index (χ4n) is 1.37. The molecule has 0 aliphatic carbocycles. The number of aliphatic hydroxyl groups is 3. The summed E-state index contributed by atoms with van der Waals surface area (Å²) in [5.74, 6) is 0. The molecule has 0 atom stereocenters. The first-order valence-electron chi connectivity index (χ1n) is 5.40. The van der Waals surface area contributed by atoms with Crippen LogP contribution in [0.5, 0.6) is 0 Å². The maximum absolute atomic E-state index is 8.73. The third kappa shape index (κ3) is 8.89. The van der Waals surface area contributed by atoms with Gasteiger partial charge in [-0.3, -0.25) is 0 Å². The molecule has 0 aliphatic heterocycles. The summed E-state index contributed by atoms with van der Waals surface area (Å²) in [6.45, 7) is 0.832. The van der Waals surface area contributed by atoms with Gasteiger partial charge >= 0.3 is 0 Å². The van der Waals surface area contributed by atoms with E-state index in [2.05, 4.69) is 0 Å². The first kappa shape index (κ1) is 14.3. The molecule has 0 unspecified atom stereocenters. The average molecular weight is 222 g/mol. The summed E-state index contributed by atoms with van der Waals surface area (Å²) < 4.78 is 0. The summed E-state index contributed by atoms with van der Waals surface area (Å²) in [5, 5.41) is 26.1. The lowest BCUT2D eigenvalue weighted by Gasteiger charge is -2.16. The van der Waals surface area contributed by atoms with Crippen molar-refractivity contribution < 1.29 is 15.3 Å². The summed E-state index contributed by atoms with van der Waals surface area (Å²) in [6.07, 6.45) is 7.13. The molecular formula is C10H23O3P. The molecule has 3 nitrogen and oxygen atoms in total. The van der Waals surface area contributed by atoms with Crippen LogP contribution in [0, 0.1) is 0 Å². The van der Waals surface area contributed by atoms with Crippen LogP contribution in [0.4, 0.5) is 0 Å². The minimum absolute atomic E-state index is 0.0151. The van der Waals surface area contributed by atoms with Gasteiger partial charge in [-0.05, 0) is 44.2 Å². The molecule has 0 aromatic heterocycles. The monoisotopic (exact) mass is 222 g/mol. The van der Waals surface area contributed by atoms with E-state index in [1.807, 2.05) is 0 Å². The minimum atomic E-state index is -0.0151. The van der Waals surface area contributed by atoms with Gasteiger partial charge in [0.1, 0.15) is 0 Å².